The van der Waals surface area contributed by atoms with E-state index in [1.165, 1.54) is 11.3 Å². The smallest absolute Gasteiger partial charge is 0.161 e. The van der Waals surface area contributed by atoms with Crippen LogP contribution in [0.25, 0.3) is 0 Å². The summed E-state index contributed by atoms with van der Waals surface area (Å²) in [5.74, 6) is 6.81. The third-order valence-electron chi connectivity index (χ3n) is 2.23. The lowest BCUT2D eigenvalue weighted by atomic mass is 10.2. The van der Waals surface area contributed by atoms with Gasteiger partial charge in [0.15, 0.2) is 6.29 Å². The van der Waals surface area contributed by atoms with Crippen molar-refractivity contribution in [2.24, 2.45) is 0 Å². The second kappa shape index (κ2) is 5.33. The molecule has 1 heterocycles. The average molecular weight is 242 g/mol. The number of methoxy groups -OCH3 is 1. The van der Waals surface area contributed by atoms with Gasteiger partial charge in [0.25, 0.3) is 0 Å². The highest BCUT2D eigenvalue weighted by molar-refractivity contribution is 7.11. The standard InChI is InChI=1S/C14H10O2S/c1-16-13-6-3-11(4-7-13)2-5-12-8-9-17-14(12)10-15/h3-4,6-10H,1H3. The Hall–Kier alpha value is -2.05. The van der Waals surface area contributed by atoms with E-state index in [-0.39, 0.29) is 0 Å². The van der Waals surface area contributed by atoms with E-state index < -0.39 is 0 Å². The molecule has 0 fully saturated rings. The highest BCUT2D eigenvalue weighted by Crippen LogP contribution is 2.14. The molecule has 2 rings (SSSR count). The molecule has 1 aromatic carbocycles. The first-order chi connectivity index (χ1) is 8.33. The van der Waals surface area contributed by atoms with Crippen LogP contribution in [-0.4, -0.2) is 13.4 Å². The number of carbonyl (C=O) groups is 1. The van der Waals surface area contributed by atoms with E-state index in [0.717, 1.165) is 23.2 Å². The number of hydrogen-bond acceptors (Lipinski definition) is 3. The summed E-state index contributed by atoms with van der Waals surface area (Å²) in [5, 5.41) is 1.86. The number of carbonyl (C=O) groups excluding carboxylic acids is 1. The average Bonchev–Trinajstić information content (AvgIpc) is 2.84. The maximum atomic E-state index is 10.7. The highest BCUT2D eigenvalue weighted by atomic mass is 32.1. The van der Waals surface area contributed by atoms with Gasteiger partial charge >= 0.3 is 0 Å². The van der Waals surface area contributed by atoms with E-state index in [4.69, 9.17) is 4.74 Å². The van der Waals surface area contributed by atoms with Gasteiger partial charge in [0.2, 0.25) is 0 Å². The fraction of sp³-hybridized carbons (Fsp3) is 0.0714. The number of benzene rings is 1. The molecule has 1 aromatic heterocycles. The van der Waals surface area contributed by atoms with Crippen molar-refractivity contribution in [1.29, 1.82) is 0 Å². The molecule has 0 spiro atoms. The summed E-state index contributed by atoms with van der Waals surface area (Å²) in [5.41, 5.74) is 1.68. The zero-order chi connectivity index (χ0) is 12.1. The number of aldehydes is 1. The van der Waals surface area contributed by atoms with E-state index in [1.807, 2.05) is 35.7 Å². The summed E-state index contributed by atoms with van der Waals surface area (Å²) in [4.78, 5) is 11.4. The van der Waals surface area contributed by atoms with Gasteiger partial charge in [-0.1, -0.05) is 11.8 Å². The van der Waals surface area contributed by atoms with Crippen LogP contribution in [0.5, 0.6) is 5.75 Å². The Morgan fingerprint density at radius 2 is 1.94 bits per heavy atom. The van der Waals surface area contributed by atoms with Gasteiger partial charge in [-0.05, 0) is 35.7 Å². The van der Waals surface area contributed by atoms with Crippen LogP contribution >= 0.6 is 11.3 Å². The Morgan fingerprint density at radius 3 is 2.59 bits per heavy atom. The third-order valence-corrected chi connectivity index (χ3v) is 3.08. The van der Waals surface area contributed by atoms with Gasteiger partial charge < -0.3 is 4.74 Å². The molecule has 0 amide bonds. The molecule has 17 heavy (non-hydrogen) atoms. The highest BCUT2D eigenvalue weighted by Gasteiger charge is 1.98. The van der Waals surface area contributed by atoms with Crippen molar-refractivity contribution in [3.63, 3.8) is 0 Å². The van der Waals surface area contributed by atoms with Crippen LogP contribution in [0.3, 0.4) is 0 Å². The van der Waals surface area contributed by atoms with Crippen molar-refractivity contribution in [1.82, 2.24) is 0 Å². The van der Waals surface area contributed by atoms with E-state index in [9.17, 15) is 4.79 Å². The predicted molar refractivity (Wildman–Crippen MR) is 68.7 cm³/mol. The van der Waals surface area contributed by atoms with Gasteiger partial charge in [0.05, 0.1) is 12.0 Å². The lowest BCUT2D eigenvalue weighted by Crippen LogP contribution is -1.82. The fourth-order valence-electron chi connectivity index (χ4n) is 1.33. The first kappa shape index (κ1) is 11.4. The predicted octanol–water partition coefficient (Wildman–Crippen LogP) is 2.97. The van der Waals surface area contributed by atoms with E-state index in [0.29, 0.717) is 4.88 Å². The maximum absolute atomic E-state index is 10.7. The molecule has 0 radical (unpaired) electrons. The molecule has 0 saturated heterocycles. The van der Waals surface area contributed by atoms with Gasteiger partial charge in [-0.3, -0.25) is 4.79 Å². The van der Waals surface area contributed by atoms with Gasteiger partial charge in [0.1, 0.15) is 5.75 Å². The molecule has 0 aliphatic heterocycles. The normalized spacial score (nSPS) is 9.24. The topological polar surface area (TPSA) is 26.3 Å². The van der Waals surface area contributed by atoms with Crippen LogP contribution in [0, 0.1) is 11.8 Å². The molecule has 2 aromatic rings. The van der Waals surface area contributed by atoms with Crippen molar-refractivity contribution in [2.45, 2.75) is 0 Å². The monoisotopic (exact) mass is 242 g/mol. The summed E-state index contributed by atoms with van der Waals surface area (Å²) >= 11 is 1.40. The molecule has 0 aliphatic rings. The van der Waals surface area contributed by atoms with Crippen molar-refractivity contribution in [2.75, 3.05) is 7.11 Å². The Bertz CT molecular complexity index is 570. The summed E-state index contributed by atoms with van der Waals surface area (Å²) in [6, 6.07) is 9.35. The zero-order valence-electron chi connectivity index (χ0n) is 9.27. The number of hydrogen-bond donors (Lipinski definition) is 0. The molecule has 0 saturated carbocycles. The largest absolute Gasteiger partial charge is 0.497 e. The van der Waals surface area contributed by atoms with Crippen LogP contribution in [-0.2, 0) is 0 Å². The van der Waals surface area contributed by atoms with Crippen molar-refractivity contribution < 1.29 is 9.53 Å². The molecule has 3 heteroatoms. The van der Waals surface area contributed by atoms with Crippen molar-refractivity contribution >= 4 is 17.6 Å². The molecule has 0 atom stereocenters. The molecule has 0 unspecified atom stereocenters. The Labute approximate surface area is 104 Å². The molecule has 0 bridgehead atoms. The second-order valence-electron chi connectivity index (χ2n) is 3.29. The number of thiophene rings is 1. The van der Waals surface area contributed by atoms with Crippen LogP contribution in [0.15, 0.2) is 35.7 Å². The SMILES string of the molecule is COc1ccc(C#Cc2ccsc2C=O)cc1. The van der Waals surface area contributed by atoms with Crippen LogP contribution < -0.4 is 4.74 Å². The lowest BCUT2D eigenvalue weighted by molar-refractivity contribution is 0.112. The third kappa shape index (κ3) is 2.74. The molecule has 0 N–H and O–H groups in total. The van der Waals surface area contributed by atoms with Gasteiger partial charge in [-0.15, -0.1) is 11.3 Å². The maximum Gasteiger partial charge on any atom is 0.161 e. The van der Waals surface area contributed by atoms with Crippen molar-refractivity contribution in [3.8, 4) is 17.6 Å². The molecule has 0 aliphatic carbocycles. The number of rotatable bonds is 2. The minimum absolute atomic E-state index is 0.672. The summed E-state index contributed by atoms with van der Waals surface area (Å²) in [6.07, 6.45) is 0.836. The Kier molecular flexibility index (Phi) is 3.59. The van der Waals surface area contributed by atoms with E-state index >= 15 is 0 Å². The quantitative estimate of drug-likeness (QED) is 0.598. The van der Waals surface area contributed by atoms with E-state index in [2.05, 4.69) is 11.8 Å². The Morgan fingerprint density at radius 1 is 1.18 bits per heavy atom. The lowest BCUT2D eigenvalue weighted by Gasteiger charge is -1.97. The molecular weight excluding hydrogens is 232 g/mol. The van der Waals surface area contributed by atoms with Crippen molar-refractivity contribution in [3.05, 3.63) is 51.7 Å². The van der Waals surface area contributed by atoms with E-state index in [1.54, 1.807) is 7.11 Å². The minimum Gasteiger partial charge on any atom is -0.497 e. The first-order valence-electron chi connectivity index (χ1n) is 5.02. The molecule has 2 nitrogen and oxygen atoms in total. The van der Waals surface area contributed by atoms with Gasteiger partial charge in [0, 0.05) is 11.1 Å². The summed E-state index contributed by atoms with van der Waals surface area (Å²) in [6.45, 7) is 0. The Balaban J connectivity index is 2.23. The summed E-state index contributed by atoms with van der Waals surface area (Å²) < 4.78 is 5.06. The summed E-state index contributed by atoms with van der Waals surface area (Å²) in [7, 11) is 1.63. The first-order valence-corrected chi connectivity index (χ1v) is 5.90. The number of ether oxygens (including phenoxy) is 1. The zero-order valence-corrected chi connectivity index (χ0v) is 10.1. The van der Waals surface area contributed by atoms with Crippen LogP contribution in [0.4, 0.5) is 0 Å². The second-order valence-corrected chi connectivity index (χ2v) is 4.24. The van der Waals surface area contributed by atoms with Crippen LogP contribution in [0.1, 0.15) is 20.8 Å². The van der Waals surface area contributed by atoms with Gasteiger partial charge in [-0.25, -0.2) is 0 Å². The fourth-order valence-corrected chi connectivity index (χ4v) is 1.98. The molecule has 84 valence electrons. The minimum atomic E-state index is 0.672. The molecular formula is C14H10O2S. The van der Waals surface area contributed by atoms with Crippen LogP contribution in [0.2, 0.25) is 0 Å². The van der Waals surface area contributed by atoms with Gasteiger partial charge in [-0.2, -0.15) is 0 Å².